The van der Waals surface area contributed by atoms with Gasteiger partial charge in [-0.25, -0.2) is 14.3 Å². The van der Waals surface area contributed by atoms with E-state index >= 15 is 0 Å². The van der Waals surface area contributed by atoms with E-state index in [1.165, 1.54) is 0 Å². The van der Waals surface area contributed by atoms with E-state index in [1.807, 2.05) is 4.90 Å². The lowest BCUT2D eigenvalue weighted by Gasteiger charge is -2.21. The summed E-state index contributed by atoms with van der Waals surface area (Å²) in [6, 6.07) is 1.65. The first-order valence-corrected chi connectivity index (χ1v) is 7.39. The number of hydrogen-bond donors (Lipinski definition) is 3. The first-order valence-electron chi connectivity index (χ1n) is 5.57. The van der Waals surface area contributed by atoms with Crippen molar-refractivity contribution in [2.45, 2.75) is 6.42 Å². The summed E-state index contributed by atoms with van der Waals surface area (Å²) < 4.78 is 23.0. The molecule has 0 aromatic carbocycles. The van der Waals surface area contributed by atoms with Gasteiger partial charge >= 0.3 is 0 Å². The summed E-state index contributed by atoms with van der Waals surface area (Å²) in [6.07, 6.45) is 0.581. The molecule has 0 spiro atoms. The Bertz CT molecular complexity index is 532. The van der Waals surface area contributed by atoms with Crippen molar-refractivity contribution in [3.63, 3.8) is 0 Å². The molecule has 8 nitrogen and oxygen atoms in total. The van der Waals surface area contributed by atoms with Crippen molar-refractivity contribution in [3.05, 3.63) is 6.07 Å². The zero-order valence-corrected chi connectivity index (χ0v) is 10.7. The fraction of sp³-hybridized carbons (Fsp3) is 0.556. The molecule has 0 unspecified atom stereocenters. The number of nitrogens with two attached hydrogens (primary N) is 2. The maximum atomic E-state index is 11.5. The van der Waals surface area contributed by atoms with Gasteiger partial charge in [0.1, 0.15) is 11.6 Å². The van der Waals surface area contributed by atoms with Crippen LogP contribution in [0.1, 0.15) is 6.42 Å². The van der Waals surface area contributed by atoms with E-state index < -0.39 is 9.84 Å². The van der Waals surface area contributed by atoms with Crippen LogP contribution in [-0.4, -0.2) is 43.0 Å². The minimum absolute atomic E-state index is 0.104. The van der Waals surface area contributed by atoms with Gasteiger partial charge < -0.3 is 16.1 Å². The molecule has 1 aromatic rings. The van der Waals surface area contributed by atoms with Gasteiger partial charge in [-0.2, -0.15) is 9.97 Å². The number of nitrogen functional groups attached to an aromatic ring is 2. The van der Waals surface area contributed by atoms with Gasteiger partial charge in [0.25, 0.3) is 0 Å². The lowest BCUT2D eigenvalue weighted by Crippen LogP contribution is -2.28. The maximum absolute atomic E-state index is 11.5. The normalized spacial score (nSPS) is 19.3. The van der Waals surface area contributed by atoms with Crippen molar-refractivity contribution in [2.75, 3.05) is 40.7 Å². The van der Waals surface area contributed by atoms with Crippen LogP contribution in [0.3, 0.4) is 0 Å². The fourth-order valence-electron chi connectivity index (χ4n) is 1.86. The molecule has 1 aliphatic rings. The van der Waals surface area contributed by atoms with Gasteiger partial charge in [0, 0.05) is 19.2 Å². The Kier molecular flexibility index (Phi) is 3.53. The summed E-state index contributed by atoms with van der Waals surface area (Å²) in [5.41, 5.74) is 7.97. The predicted octanol–water partition coefficient (Wildman–Crippen LogP) is -1.03. The topological polar surface area (TPSA) is 127 Å². The van der Waals surface area contributed by atoms with E-state index in [0.29, 0.717) is 31.1 Å². The highest BCUT2D eigenvalue weighted by Crippen LogP contribution is 2.18. The minimum atomic E-state index is -2.94. The molecular formula is C9H16N6O2S. The first kappa shape index (κ1) is 12.8. The third-order valence-electron chi connectivity index (χ3n) is 2.76. The van der Waals surface area contributed by atoms with Crippen LogP contribution in [0.5, 0.6) is 0 Å². The predicted molar refractivity (Wildman–Crippen MR) is 69.7 cm³/mol. The van der Waals surface area contributed by atoms with Crippen molar-refractivity contribution in [2.24, 2.45) is 5.84 Å². The van der Waals surface area contributed by atoms with Crippen LogP contribution < -0.4 is 21.9 Å². The molecule has 0 radical (unpaired) electrons. The fourth-order valence-corrected chi connectivity index (χ4v) is 3.13. The average molecular weight is 272 g/mol. The Morgan fingerprint density at radius 2 is 2.06 bits per heavy atom. The molecule has 0 amide bonds. The Labute approximate surface area is 105 Å². The molecule has 1 fully saturated rings. The van der Waals surface area contributed by atoms with E-state index in [2.05, 4.69) is 15.4 Å². The zero-order chi connectivity index (χ0) is 13.2. The van der Waals surface area contributed by atoms with Gasteiger partial charge in [0.05, 0.1) is 11.5 Å². The van der Waals surface area contributed by atoms with E-state index in [4.69, 9.17) is 11.6 Å². The summed E-state index contributed by atoms with van der Waals surface area (Å²) in [5, 5.41) is 0. The number of sulfone groups is 1. The summed E-state index contributed by atoms with van der Waals surface area (Å²) in [4.78, 5) is 9.86. The molecule has 1 aromatic heterocycles. The Morgan fingerprint density at radius 3 is 2.78 bits per heavy atom. The number of aromatic nitrogens is 2. The van der Waals surface area contributed by atoms with Gasteiger partial charge in [-0.1, -0.05) is 0 Å². The molecule has 2 rings (SSSR count). The number of hydrogen-bond acceptors (Lipinski definition) is 8. The lowest BCUT2D eigenvalue weighted by molar-refractivity contribution is 0.597. The number of rotatable bonds is 2. The molecule has 0 saturated carbocycles. The SMILES string of the molecule is NNc1cc(N2CCCS(=O)(=O)CC2)nc(N)n1. The van der Waals surface area contributed by atoms with Gasteiger partial charge in [-0.3, -0.25) is 0 Å². The van der Waals surface area contributed by atoms with Crippen LogP contribution in [0.15, 0.2) is 6.07 Å². The van der Waals surface area contributed by atoms with Crippen LogP contribution in [-0.2, 0) is 9.84 Å². The van der Waals surface area contributed by atoms with Gasteiger partial charge in [-0.05, 0) is 6.42 Å². The molecule has 9 heteroatoms. The first-order chi connectivity index (χ1) is 8.50. The second kappa shape index (κ2) is 4.94. The molecule has 2 heterocycles. The third-order valence-corrected chi connectivity index (χ3v) is 4.47. The van der Waals surface area contributed by atoms with Crippen molar-refractivity contribution in [1.29, 1.82) is 0 Å². The summed E-state index contributed by atoms with van der Waals surface area (Å²) in [7, 11) is -2.94. The van der Waals surface area contributed by atoms with E-state index in [1.54, 1.807) is 6.07 Å². The largest absolute Gasteiger partial charge is 0.368 e. The van der Waals surface area contributed by atoms with E-state index in [-0.39, 0.29) is 17.5 Å². The lowest BCUT2D eigenvalue weighted by atomic mass is 10.4. The zero-order valence-electron chi connectivity index (χ0n) is 9.83. The highest BCUT2D eigenvalue weighted by atomic mass is 32.2. The third kappa shape index (κ3) is 2.99. The van der Waals surface area contributed by atoms with E-state index in [0.717, 1.165) is 0 Å². The van der Waals surface area contributed by atoms with Crippen molar-refractivity contribution < 1.29 is 8.42 Å². The number of hydrazine groups is 1. The standard InChI is InChI=1S/C9H16N6O2S/c10-9-12-7(14-11)6-8(13-9)15-2-1-4-18(16,17)5-3-15/h6H,1-5,11H2,(H3,10,12,13,14). The van der Waals surface area contributed by atoms with Crippen LogP contribution in [0.25, 0.3) is 0 Å². The van der Waals surface area contributed by atoms with Crippen LogP contribution in [0.4, 0.5) is 17.6 Å². The Morgan fingerprint density at radius 1 is 1.28 bits per heavy atom. The van der Waals surface area contributed by atoms with Crippen LogP contribution in [0, 0.1) is 0 Å². The molecule has 5 N–H and O–H groups in total. The molecule has 100 valence electrons. The molecule has 18 heavy (non-hydrogen) atoms. The summed E-state index contributed by atoms with van der Waals surface area (Å²) in [5.74, 6) is 6.72. The summed E-state index contributed by atoms with van der Waals surface area (Å²) >= 11 is 0. The second-order valence-electron chi connectivity index (χ2n) is 4.11. The van der Waals surface area contributed by atoms with Crippen molar-refractivity contribution >= 4 is 27.4 Å². The molecule has 0 aliphatic carbocycles. The minimum Gasteiger partial charge on any atom is -0.368 e. The van der Waals surface area contributed by atoms with Gasteiger partial charge in [-0.15, -0.1) is 0 Å². The monoisotopic (exact) mass is 272 g/mol. The molecule has 1 saturated heterocycles. The highest BCUT2D eigenvalue weighted by Gasteiger charge is 2.20. The Balaban J connectivity index is 2.23. The molecule has 1 aliphatic heterocycles. The van der Waals surface area contributed by atoms with Crippen LogP contribution >= 0.6 is 0 Å². The van der Waals surface area contributed by atoms with Gasteiger partial charge in [0.15, 0.2) is 9.84 Å². The summed E-state index contributed by atoms with van der Waals surface area (Å²) in [6.45, 7) is 1.03. The number of nitrogens with zero attached hydrogens (tertiary/aromatic N) is 3. The quantitative estimate of drug-likeness (QED) is 0.460. The molecule has 0 bridgehead atoms. The Hall–Kier alpha value is -1.61. The molecule has 0 atom stereocenters. The van der Waals surface area contributed by atoms with E-state index in [9.17, 15) is 8.42 Å². The van der Waals surface area contributed by atoms with Crippen molar-refractivity contribution in [3.8, 4) is 0 Å². The molecular weight excluding hydrogens is 256 g/mol. The average Bonchev–Trinajstić information content (AvgIpc) is 2.49. The number of nitrogens with one attached hydrogen (secondary N) is 1. The number of anilines is 3. The smallest absolute Gasteiger partial charge is 0.223 e. The van der Waals surface area contributed by atoms with Crippen molar-refractivity contribution in [1.82, 2.24) is 9.97 Å². The highest BCUT2D eigenvalue weighted by molar-refractivity contribution is 7.91. The second-order valence-corrected chi connectivity index (χ2v) is 6.41. The maximum Gasteiger partial charge on any atom is 0.223 e. The van der Waals surface area contributed by atoms with Crippen LogP contribution in [0.2, 0.25) is 0 Å². The van der Waals surface area contributed by atoms with Gasteiger partial charge in [0.2, 0.25) is 5.95 Å².